The normalized spacial score (nSPS) is 20.6. The van der Waals surface area contributed by atoms with Crippen LogP contribution in [0.15, 0.2) is 0 Å². The molecule has 1 aliphatic heterocycles. The molecule has 0 radical (unpaired) electrons. The van der Waals surface area contributed by atoms with E-state index in [9.17, 15) is 4.79 Å². The lowest BCUT2D eigenvalue weighted by molar-refractivity contribution is -0.121. The minimum atomic E-state index is -0.0286. The summed E-state index contributed by atoms with van der Waals surface area (Å²) in [5.74, 6) is 0.0938. The van der Waals surface area contributed by atoms with E-state index in [4.69, 9.17) is 17.0 Å². The number of thiocarbonyl (C=S) groups is 1. The van der Waals surface area contributed by atoms with E-state index < -0.39 is 0 Å². The largest absolute Gasteiger partial charge is 0.485 e. The number of nitrogens with one attached hydrogen (secondary N) is 1. The lowest BCUT2D eigenvalue weighted by Crippen LogP contribution is -2.37. The average molecular weight is 215 g/mol. The van der Waals surface area contributed by atoms with Crippen LogP contribution in [-0.4, -0.2) is 23.6 Å². The molecule has 0 aromatic rings. The summed E-state index contributed by atoms with van der Waals surface area (Å²) in [5.41, 5.74) is 0. The molecule has 1 atom stereocenters. The third kappa shape index (κ3) is 3.62. The summed E-state index contributed by atoms with van der Waals surface area (Å²) in [6, 6.07) is -0.0286. The molecule has 0 saturated carbocycles. The van der Waals surface area contributed by atoms with E-state index in [0.29, 0.717) is 18.1 Å². The van der Waals surface area contributed by atoms with Crippen LogP contribution in [0, 0.1) is 0 Å². The van der Waals surface area contributed by atoms with Crippen molar-refractivity contribution in [3.63, 3.8) is 0 Å². The number of rotatable bonds is 5. The molecule has 3 nitrogen and oxygen atoms in total. The summed E-state index contributed by atoms with van der Waals surface area (Å²) >= 11 is 4.96. The molecule has 0 spiro atoms. The molecule has 1 amide bonds. The first-order valence-electron chi connectivity index (χ1n) is 5.20. The molecule has 1 aliphatic rings. The Morgan fingerprint density at radius 3 is 3.00 bits per heavy atom. The SMILES string of the molecule is CCCCCC(=O)N[C@H]1CCOC1=S. The van der Waals surface area contributed by atoms with Crippen LogP contribution >= 0.6 is 12.2 Å². The van der Waals surface area contributed by atoms with Gasteiger partial charge in [-0.15, -0.1) is 0 Å². The molecule has 14 heavy (non-hydrogen) atoms. The van der Waals surface area contributed by atoms with E-state index in [2.05, 4.69) is 12.2 Å². The smallest absolute Gasteiger partial charge is 0.220 e. The van der Waals surface area contributed by atoms with Crippen molar-refractivity contribution in [2.45, 2.75) is 45.1 Å². The summed E-state index contributed by atoms with van der Waals surface area (Å²) in [4.78, 5) is 11.4. The van der Waals surface area contributed by atoms with Gasteiger partial charge in [0.25, 0.3) is 0 Å². The standard InChI is InChI=1S/C10H17NO2S/c1-2-3-4-5-9(12)11-8-6-7-13-10(8)14/h8H,2-7H2,1H3,(H,11,12)/t8-/m0/s1. The van der Waals surface area contributed by atoms with Crippen molar-refractivity contribution in [1.29, 1.82) is 0 Å². The van der Waals surface area contributed by atoms with Crippen molar-refractivity contribution in [2.75, 3.05) is 6.61 Å². The first-order chi connectivity index (χ1) is 6.74. The minimum Gasteiger partial charge on any atom is -0.485 e. The van der Waals surface area contributed by atoms with Gasteiger partial charge in [0.05, 0.1) is 6.61 Å². The number of hydrogen-bond acceptors (Lipinski definition) is 3. The third-order valence-corrected chi connectivity index (χ3v) is 2.68. The van der Waals surface area contributed by atoms with Crippen molar-refractivity contribution in [3.8, 4) is 0 Å². The predicted molar refractivity (Wildman–Crippen MR) is 59.2 cm³/mol. The molecule has 0 aliphatic carbocycles. The molecule has 0 aromatic carbocycles. The summed E-state index contributed by atoms with van der Waals surface area (Å²) in [5, 5.41) is 3.42. The van der Waals surface area contributed by atoms with Crippen LogP contribution in [0.1, 0.15) is 39.0 Å². The van der Waals surface area contributed by atoms with Crippen LogP contribution < -0.4 is 5.32 Å². The maximum atomic E-state index is 11.4. The third-order valence-electron chi connectivity index (χ3n) is 2.28. The molecule has 1 saturated heterocycles. The van der Waals surface area contributed by atoms with Gasteiger partial charge in [0.2, 0.25) is 5.91 Å². The van der Waals surface area contributed by atoms with Gasteiger partial charge in [0.15, 0.2) is 5.05 Å². The first kappa shape index (κ1) is 11.4. The van der Waals surface area contributed by atoms with Crippen molar-refractivity contribution in [1.82, 2.24) is 5.32 Å². The lowest BCUT2D eigenvalue weighted by atomic mass is 10.2. The highest BCUT2D eigenvalue weighted by atomic mass is 32.1. The van der Waals surface area contributed by atoms with Gasteiger partial charge in [-0.2, -0.15) is 0 Å². The van der Waals surface area contributed by atoms with Crippen LogP contribution in [-0.2, 0) is 9.53 Å². The Balaban J connectivity index is 2.16. The van der Waals surface area contributed by atoms with Gasteiger partial charge < -0.3 is 10.1 Å². The topological polar surface area (TPSA) is 38.3 Å². The molecule has 1 rings (SSSR count). The molecular weight excluding hydrogens is 198 g/mol. The Bertz CT molecular complexity index is 218. The van der Waals surface area contributed by atoms with Gasteiger partial charge in [0.1, 0.15) is 6.04 Å². The quantitative estimate of drug-likeness (QED) is 0.561. The van der Waals surface area contributed by atoms with Crippen molar-refractivity contribution < 1.29 is 9.53 Å². The predicted octanol–water partition coefficient (Wildman–Crippen LogP) is 1.80. The number of ether oxygens (including phenoxy) is 1. The summed E-state index contributed by atoms with van der Waals surface area (Å²) < 4.78 is 5.11. The van der Waals surface area contributed by atoms with Crippen molar-refractivity contribution in [2.24, 2.45) is 0 Å². The van der Waals surface area contributed by atoms with Gasteiger partial charge in [-0.1, -0.05) is 19.8 Å². The fourth-order valence-electron chi connectivity index (χ4n) is 1.43. The van der Waals surface area contributed by atoms with E-state index >= 15 is 0 Å². The van der Waals surface area contributed by atoms with Crippen molar-refractivity contribution in [3.05, 3.63) is 0 Å². The second kappa shape index (κ2) is 5.96. The molecule has 80 valence electrons. The molecule has 1 fully saturated rings. The van der Waals surface area contributed by atoms with E-state index in [0.717, 1.165) is 25.7 Å². The Kier molecular flexibility index (Phi) is 4.87. The van der Waals surface area contributed by atoms with Crippen molar-refractivity contribution >= 4 is 23.2 Å². The van der Waals surface area contributed by atoms with Crippen LogP contribution in [0.25, 0.3) is 0 Å². The van der Waals surface area contributed by atoms with E-state index in [1.807, 2.05) is 0 Å². The van der Waals surface area contributed by atoms with Crippen LogP contribution in [0.5, 0.6) is 0 Å². The van der Waals surface area contributed by atoms with Crippen LogP contribution in [0.4, 0.5) is 0 Å². The van der Waals surface area contributed by atoms with Crippen LogP contribution in [0.3, 0.4) is 0 Å². The monoisotopic (exact) mass is 215 g/mol. The maximum Gasteiger partial charge on any atom is 0.220 e. The highest BCUT2D eigenvalue weighted by Gasteiger charge is 2.23. The molecule has 1 heterocycles. The Hall–Kier alpha value is -0.640. The van der Waals surface area contributed by atoms with Gasteiger partial charge in [-0.25, -0.2) is 0 Å². The lowest BCUT2D eigenvalue weighted by Gasteiger charge is -2.09. The van der Waals surface area contributed by atoms with Crippen LogP contribution in [0.2, 0.25) is 0 Å². The van der Waals surface area contributed by atoms with Gasteiger partial charge in [0, 0.05) is 12.8 Å². The summed E-state index contributed by atoms with van der Waals surface area (Å²) in [7, 11) is 0. The maximum absolute atomic E-state index is 11.4. The zero-order valence-corrected chi connectivity index (χ0v) is 9.36. The van der Waals surface area contributed by atoms with E-state index in [1.165, 1.54) is 0 Å². The number of hydrogen-bond donors (Lipinski definition) is 1. The fraction of sp³-hybridized carbons (Fsp3) is 0.800. The number of amides is 1. The Morgan fingerprint density at radius 2 is 2.43 bits per heavy atom. The zero-order chi connectivity index (χ0) is 10.4. The molecule has 1 N–H and O–H groups in total. The van der Waals surface area contributed by atoms with E-state index in [-0.39, 0.29) is 11.9 Å². The average Bonchev–Trinajstić information content (AvgIpc) is 2.52. The Labute approximate surface area is 90.2 Å². The summed E-state index contributed by atoms with van der Waals surface area (Å²) in [6.45, 7) is 2.76. The first-order valence-corrected chi connectivity index (χ1v) is 5.61. The molecular formula is C10H17NO2S. The molecule has 4 heteroatoms. The Morgan fingerprint density at radius 1 is 1.64 bits per heavy atom. The zero-order valence-electron chi connectivity index (χ0n) is 8.54. The van der Waals surface area contributed by atoms with E-state index in [1.54, 1.807) is 0 Å². The van der Waals surface area contributed by atoms with Gasteiger partial charge in [-0.05, 0) is 18.6 Å². The number of carbonyl (C=O) groups excluding carboxylic acids is 1. The highest BCUT2D eigenvalue weighted by Crippen LogP contribution is 2.08. The number of unbranched alkanes of at least 4 members (excludes halogenated alkanes) is 2. The molecule has 0 bridgehead atoms. The number of carbonyl (C=O) groups is 1. The highest BCUT2D eigenvalue weighted by molar-refractivity contribution is 7.80. The summed E-state index contributed by atoms with van der Waals surface area (Å²) in [6.07, 6.45) is 4.63. The van der Waals surface area contributed by atoms with Gasteiger partial charge in [-0.3, -0.25) is 4.79 Å². The minimum absolute atomic E-state index is 0.0286. The molecule has 0 unspecified atom stereocenters. The van der Waals surface area contributed by atoms with Gasteiger partial charge >= 0.3 is 0 Å². The second-order valence-electron chi connectivity index (χ2n) is 3.53. The second-order valence-corrected chi connectivity index (χ2v) is 3.94. The molecule has 0 aromatic heterocycles. The fourth-order valence-corrected chi connectivity index (χ4v) is 1.69.